The molecule has 4 nitrogen and oxygen atoms in total. The van der Waals surface area contributed by atoms with Gasteiger partial charge in [0.25, 0.3) is 0 Å². The number of aromatic nitrogens is 2. The van der Waals surface area contributed by atoms with Crippen molar-refractivity contribution >= 4 is 22.6 Å². The Labute approximate surface area is 136 Å². The normalized spacial score (nSPS) is 16.4. The summed E-state index contributed by atoms with van der Waals surface area (Å²) in [5.41, 5.74) is 1.61. The molecule has 0 spiro atoms. The summed E-state index contributed by atoms with van der Waals surface area (Å²) in [5, 5.41) is 0.509. The Balaban J connectivity index is 2.14. The van der Waals surface area contributed by atoms with Gasteiger partial charge in [-0.15, -0.1) is 0 Å². The molecule has 1 aliphatic heterocycles. The minimum Gasteiger partial charge on any atom is -0.475 e. The van der Waals surface area contributed by atoms with Gasteiger partial charge in [-0.3, -0.25) is 9.36 Å². The fourth-order valence-electron chi connectivity index (χ4n) is 2.93. The van der Waals surface area contributed by atoms with Crippen molar-refractivity contribution in [2.24, 2.45) is 0 Å². The van der Waals surface area contributed by atoms with Crippen LogP contribution in [-0.4, -0.2) is 15.7 Å². The van der Waals surface area contributed by atoms with Crippen molar-refractivity contribution in [3.8, 4) is 11.6 Å². The highest BCUT2D eigenvalue weighted by Gasteiger charge is 2.28. The molecule has 0 saturated carbocycles. The first-order valence-corrected chi connectivity index (χ1v) is 7.59. The largest absolute Gasteiger partial charge is 0.475 e. The molecule has 0 aliphatic carbocycles. The zero-order valence-corrected chi connectivity index (χ0v) is 13.0. The zero-order chi connectivity index (χ0) is 16.1. The average molecular weight is 331 g/mol. The Hall–Kier alpha value is -2.40. The van der Waals surface area contributed by atoms with Crippen molar-refractivity contribution in [2.45, 2.75) is 19.4 Å². The molecule has 0 bridgehead atoms. The van der Waals surface area contributed by atoms with E-state index in [2.05, 4.69) is 4.98 Å². The summed E-state index contributed by atoms with van der Waals surface area (Å²) in [7, 11) is 0. The molecular weight excluding hydrogens is 319 g/mol. The van der Waals surface area contributed by atoms with E-state index in [1.54, 1.807) is 29.0 Å². The van der Waals surface area contributed by atoms with Crippen molar-refractivity contribution in [1.82, 2.24) is 9.55 Å². The average Bonchev–Trinajstić information content (AvgIpc) is 2.93. The van der Waals surface area contributed by atoms with Crippen LogP contribution in [0.5, 0.6) is 5.88 Å². The van der Waals surface area contributed by atoms with Crippen molar-refractivity contribution in [2.75, 3.05) is 0 Å². The van der Waals surface area contributed by atoms with Gasteiger partial charge in [0.1, 0.15) is 11.9 Å². The number of halogens is 2. The van der Waals surface area contributed by atoms with E-state index in [0.717, 1.165) is 0 Å². The Bertz CT molecular complexity index is 1000. The number of pyridine rings is 2. The number of ether oxygens (including phenoxy) is 1. The Kier molecular flexibility index (Phi) is 3.13. The van der Waals surface area contributed by atoms with Gasteiger partial charge in [-0.2, -0.15) is 0 Å². The molecule has 0 N–H and O–H groups in total. The first-order valence-electron chi connectivity index (χ1n) is 7.21. The molecule has 1 unspecified atom stereocenters. The van der Waals surface area contributed by atoms with Crippen LogP contribution >= 0.6 is 11.6 Å². The molecule has 1 aliphatic rings. The van der Waals surface area contributed by atoms with E-state index in [1.807, 2.05) is 6.92 Å². The van der Waals surface area contributed by atoms with Gasteiger partial charge >= 0.3 is 0 Å². The lowest BCUT2D eigenvalue weighted by Crippen LogP contribution is -2.14. The predicted molar refractivity (Wildman–Crippen MR) is 86.1 cm³/mol. The van der Waals surface area contributed by atoms with E-state index < -0.39 is 5.82 Å². The van der Waals surface area contributed by atoms with E-state index in [1.165, 1.54) is 12.1 Å². The van der Waals surface area contributed by atoms with E-state index in [4.69, 9.17) is 16.3 Å². The SMILES string of the molecule is CC1Cc2c(n(-c3ccc(F)c(Cl)c3)c3ncccc3c2=O)O1. The van der Waals surface area contributed by atoms with E-state index >= 15 is 0 Å². The molecule has 0 amide bonds. The first-order chi connectivity index (χ1) is 11.1. The maximum atomic E-state index is 13.5. The fraction of sp³-hybridized carbons (Fsp3) is 0.176. The fourth-order valence-corrected chi connectivity index (χ4v) is 3.11. The van der Waals surface area contributed by atoms with Gasteiger partial charge in [-0.25, -0.2) is 9.37 Å². The summed E-state index contributed by atoms with van der Waals surface area (Å²) in [6, 6.07) is 7.83. The van der Waals surface area contributed by atoms with E-state index in [-0.39, 0.29) is 16.6 Å². The van der Waals surface area contributed by atoms with Crippen LogP contribution in [0.4, 0.5) is 4.39 Å². The summed E-state index contributed by atoms with van der Waals surface area (Å²) in [6.07, 6.45) is 2.04. The Morgan fingerprint density at radius 2 is 2.22 bits per heavy atom. The number of nitrogens with zero attached hydrogens (tertiary/aromatic N) is 2. The molecule has 2 aromatic heterocycles. The lowest BCUT2D eigenvalue weighted by Gasteiger charge is -2.16. The number of benzene rings is 1. The zero-order valence-electron chi connectivity index (χ0n) is 12.2. The summed E-state index contributed by atoms with van der Waals surface area (Å²) in [5.74, 6) is -0.0453. The summed E-state index contributed by atoms with van der Waals surface area (Å²) in [4.78, 5) is 17.0. The molecule has 0 fully saturated rings. The third-order valence-corrected chi connectivity index (χ3v) is 4.23. The monoisotopic (exact) mass is 330 g/mol. The molecule has 0 radical (unpaired) electrons. The Morgan fingerprint density at radius 1 is 1.39 bits per heavy atom. The van der Waals surface area contributed by atoms with Crippen LogP contribution in [0.1, 0.15) is 12.5 Å². The third-order valence-electron chi connectivity index (χ3n) is 3.94. The molecule has 6 heteroatoms. The lowest BCUT2D eigenvalue weighted by molar-refractivity contribution is 0.242. The minimum absolute atomic E-state index is 0.00470. The lowest BCUT2D eigenvalue weighted by atomic mass is 10.1. The minimum atomic E-state index is -0.500. The van der Waals surface area contributed by atoms with Gasteiger partial charge in [0.2, 0.25) is 5.88 Å². The quantitative estimate of drug-likeness (QED) is 0.686. The van der Waals surface area contributed by atoms with Gasteiger partial charge in [0, 0.05) is 12.6 Å². The number of fused-ring (bicyclic) bond motifs is 2. The van der Waals surface area contributed by atoms with Crippen LogP contribution in [0.2, 0.25) is 5.02 Å². The molecule has 1 atom stereocenters. The van der Waals surface area contributed by atoms with Crippen LogP contribution in [0.3, 0.4) is 0 Å². The van der Waals surface area contributed by atoms with Crippen LogP contribution < -0.4 is 10.2 Å². The van der Waals surface area contributed by atoms with Gasteiger partial charge < -0.3 is 4.74 Å². The number of hydrogen-bond acceptors (Lipinski definition) is 3. The summed E-state index contributed by atoms with van der Waals surface area (Å²) in [6.45, 7) is 1.90. The van der Waals surface area contributed by atoms with Crippen LogP contribution in [-0.2, 0) is 6.42 Å². The maximum Gasteiger partial charge on any atom is 0.207 e. The van der Waals surface area contributed by atoms with Crippen molar-refractivity contribution in [3.05, 3.63) is 63.2 Å². The highest BCUT2D eigenvalue weighted by atomic mass is 35.5. The second-order valence-corrected chi connectivity index (χ2v) is 5.96. The first kappa shape index (κ1) is 14.2. The van der Waals surface area contributed by atoms with E-state index in [0.29, 0.717) is 34.6 Å². The second kappa shape index (κ2) is 5.06. The molecule has 4 rings (SSSR count). The summed E-state index contributed by atoms with van der Waals surface area (Å²) < 4.78 is 21.1. The van der Waals surface area contributed by atoms with Crippen molar-refractivity contribution in [3.63, 3.8) is 0 Å². The Morgan fingerprint density at radius 3 is 3.00 bits per heavy atom. The molecule has 0 saturated heterocycles. The number of hydrogen-bond donors (Lipinski definition) is 0. The third kappa shape index (κ3) is 2.11. The molecule has 116 valence electrons. The second-order valence-electron chi connectivity index (χ2n) is 5.55. The summed E-state index contributed by atoms with van der Waals surface area (Å²) >= 11 is 5.91. The van der Waals surface area contributed by atoms with Gasteiger partial charge in [-0.05, 0) is 37.3 Å². The molecule has 3 aromatic rings. The highest BCUT2D eigenvalue weighted by molar-refractivity contribution is 6.30. The standard InChI is InChI=1S/C17H12ClFN2O2/c1-9-7-12-15(22)11-3-2-6-20-16(11)21(17(12)23-9)10-4-5-14(19)13(18)8-10/h2-6,8-9H,7H2,1H3. The van der Waals surface area contributed by atoms with Crippen LogP contribution in [0.15, 0.2) is 41.3 Å². The van der Waals surface area contributed by atoms with Crippen molar-refractivity contribution < 1.29 is 9.13 Å². The van der Waals surface area contributed by atoms with Gasteiger partial charge in [0.05, 0.1) is 21.7 Å². The topological polar surface area (TPSA) is 44.1 Å². The highest BCUT2D eigenvalue weighted by Crippen LogP contribution is 2.33. The van der Waals surface area contributed by atoms with Crippen LogP contribution in [0.25, 0.3) is 16.7 Å². The molecule has 1 aromatic carbocycles. The number of rotatable bonds is 1. The van der Waals surface area contributed by atoms with Crippen molar-refractivity contribution in [1.29, 1.82) is 0 Å². The maximum absolute atomic E-state index is 13.5. The van der Waals surface area contributed by atoms with E-state index in [9.17, 15) is 9.18 Å². The molecular formula is C17H12ClFN2O2. The molecule has 23 heavy (non-hydrogen) atoms. The smallest absolute Gasteiger partial charge is 0.207 e. The van der Waals surface area contributed by atoms with Gasteiger partial charge in [-0.1, -0.05) is 11.6 Å². The predicted octanol–water partition coefficient (Wildman–Crippen LogP) is 3.50. The van der Waals surface area contributed by atoms with Crippen LogP contribution in [0, 0.1) is 5.82 Å². The van der Waals surface area contributed by atoms with Gasteiger partial charge in [0.15, 0.2) is 11.1 Å². The molecule has 3 heterocycles.